The van der Waals surface area contributed by atoms with Crippen molar-refractivity contribution in [2.24, 2.45) is 4.99 Å². The number of nitrogens with one attached hydrogen (secondary N) is 1. The summed E-state index contributed by atoms with van der Waals surface area (Å²) < 4.78 is 0. The first-order valence-corrected chi connectivity index (χ1v) is 11.1. The summed E-state index contributed by atoms with van der Waals surface area (Å²) in [7, 11) is 0. The zero-order valence-electron chi connectivity index (χ0n) is 18.3. The number of aliphatic imine (C=N–C) groups is 1. The van der Waals surface area contributed by atoms with E-state index in [9.17, 15) is 19.7 Å². The molecular formula is C26H22N4O4. The van der Waals surface area contributed by atoms with E-state index in [0.717, 1.165) is 24.1 Å². The predicted octanol–water partition coefficient (Wildman–Crippen LogP) is 4.57. The molecule has 0 spiro atoms. The van der Waals surface area contributed by atoms with Crippen molar-refractivity contribution in [3.8, 4) is 0 Å². The molecule has 1 N–H and O–H groups in total. The van der Waals surface area contributed by atoms with Crippen molar-refractivity contribution in [1.29, 1.82) is 0 Å². The van der Waals surface area contributed by atoms with Crippen LogP contribution in [-0.4, -0.2) is 33.9 Å². The summed E-state index contributed by atoms with van der Waals surface area (Å²) in [4.78, 5) is 42.7. The molecule has 2 heterocycles. The van der Waals surface area contributed by atoms with Crippen LogP contribution in [0.15, 0.2) is 77.8 Å². The Hall–Kier alpha value is -4.33. The summed E-state index contributed by atoms with van der Waals surface area (Å²) in [5.41, 5.74) is 3.86. The van der Waals surface area contributed by atoms with E-state index in [1.165, 1.54) is 12.1 Å². The zero-order valence-corrected chi connectivity index (χ0v) is 18.3. The lowest BCUT2D eigenvalue weighted by Crippen LogP contribution is -2.23. The summed E-state index contributed by atoms with van der Waals surface area (Å²) in [5, 5.41) is 14.2. The minimum absolute atomic E-state index is 0.0788. The summed E-state index contributed by atoms with van der Waals surface area (Å²) in [6, 6.07) is 21.3. The van der Waals surface area contributed by atoms with Crippen LogP contribution in [0.25, 0.3) is 0 Å². The van der Waals surface area contributed by atoms with Crippen LogP contribution in [0.5, 0.6) is 0 Å². The van der Waals surface area contributed by atoms with Crippen molar-refractivity contribution in [3.63, 3.8) is 0 Å². The third-order valence-corrected chi connectivity index (χ3v) is 6.12. The molecule has 2 aliphatic heterocycles. The number of nitrogens with zero attached hydrogens (tertiary/aromatic N) is 3. The molecule has 2 aliphatic rings. The average molecular weight is 454 g/mol. The Kier molecular flexibility index (Phi) is 5.63. The highest BCUT2D eigenvalue weighted by atomic mass is 16.6. The van der Waals surface area contributed by atoms with Gasteiger partial charge in [0.05, 0.1) is 16.3 Å². The second-order valence-electron chi connectivity index (χ2n) is 8.40. The number of hydrogen-bond acceptors (Lipinski definition) is 5. The highest BCUT2D eigenvalue weighted by Crippen LogP contribution is 2.38. The van der Waals surface area contributed by atoms with Gasteiger partial charge in [0.25, 0.3) is 5.69 Å². The SMILES string of the molecule is O=C1Nc2ccc([N+](=O)[O-])cc2C1C(=Nc1cccc(CN2CCCC2=O)c1)c1ccccc1. The first kappa shape index (κ1) is 21.5. The molecule has 8 nitrogen and oxygen atoms in total. The van der Waals surface area contributed by atoms with E-state index in [4.69, 9.17) is 4.99 Å². The van der Waals surface area contributed by atoms with E-state index in [1.54, 1.807) is 6.07 Å². The number of rotatable bonds is 6. The van der Waals surface area contributed by atoms with Crippen molar-refractivity contribution in [2.45, 2.75) is 25.3 Å². The van der Waals surface area contributed by atoms with Gasteiger partial charge in [0, 0.05) is 42.9 Å². The van der Waals surface area contributed by atoms with Crippen molar-refractivity contribution < 1.29 is 14.5 Å². The smallest absolute Gasteiger partial charge is 0.269 e. The molecule has 170 valence electrons. The van der Waals surface area contributed by atoms with Crippen LogP contribution < -0.4 is 5.32 Å². The van der Waals surface area contributed by atoms with Gasteiger partial charge in [0.1, 0.15) is 5.92 Å². The van der Waals surface area contributed by atoms with E-state index in [-0.39, 0.29) is 17.5 Å². The standard InChI is InChI=1S/C26H22N4O4/c31-23-10-5-13-29(23)16-17-6-4-9-19(14-17)27-25(18-7-2-1-3-8-18)24-21-15-20(30(33)34)11-12-22(21)28-26(24)32/h1-4,6-9,11-12,14-15,24H,5,10,13,16H2,(H,28,32). The molecule has 0 saturated carbocycles. The maximum atomic E-state index is 13.0. The van der Waals surface area contributed by atoms with Gasteiger partial charge >= 0.3 is 0 Å². The fourth-order valence-electron chi connectivity index (χ4n) is 4.49. The van der Waals surface area contributed by atoms with Crippen LogP contribution in [0.3, 0.4) is 0 Å². The van der Waals surface area contributed by atoms with E-state index in [2.05, 4.69) is 5.32 Å². The molecule has 0 radical (unpaired) electrons. The fraction of sp³-hybridized carbons (Fsp3) is 0.192. The van der Waals surface area contributed by atoms with Crippen LogP contribution >= 0.6 is 0 Å². The number of fused-ring (bicyclic) bond motifs is 1. The molecule has 34 heavy (non-hydrogen) atoms. The molecule has 2 amide bonds. The molecule has 1 fully saturated rings. The minimum Gasteiger partial charge on any atom is -0.338 e. The minimum atomic E-state index is -0.791. The van der Waals surface area contributed by atoms with Crippen molar-refractivity contribution in [1.82, 2.24) is 4.90 Å². The van der Waals surface area contributed by atoms with Gasteiger partial charge in [-0.1, -0.05) is 42.5 Å². The van der Waals surface area contributed by atoms with Gasteiger partial charge in [-0.3, -0.25) is 24.7 Å². The normalized spacial score (nSPS) is 17.6. The number of hydrogen-bond donors (Lipinski definition) is 1. The second kappa shape index (κ2) is 8.90. The first-order chi connectivity index (χ1) is 16.5. The van der Waals surface area contributed by atoms with E-state index in [0.29, 0.717) is 35.6 Å². The molecule has 0 aliphatic carbocycles. The Morgan fingerprint density at radius 2 is 1.88 bits per heavy atom. The Morgan fingerprint density at radius 1 is 1.06 bits per heavy atom. The average Bonchev–Trinajstić information content (AvgIpc) is 3.39. The maximum Gasteiger partial charge on any atom is 0.269 e. The van der Waals surface area contributed by atoms with Crippen LogP contribution in [0.4, 0.5) is 17.1 Å². The molecule has 1 atom stereocenters. The van der Waals surface area contributed by atoms with Gasteiger partial charge in [0.2, 0.25) is 11.8 Å². The highest BCUT2D eigenvalue weighted by molar-refractivity contribution is 6.24. The summed E-state index contributed by atoms with van der Waals surface area (Å²) in [5.74, 6) is -0.919. The zero-order chi connectivity index (χ0) is 23.7. The molecule has 1 saturated heterocycles. The molecular weight excluding hydrogens is 432 g/mol. The topological polar surface area (TPSA) is 105 Å². The number of nitro benzene ring substituents is 1. The van der Waals surface area contributed by atoms with Gasteiger partial charge < -0.3 is 10.2 Å². The van der Waals surface area contributed by atoms with Crippen LogP contribution in [0, 0.1) is 10.1 Å². The van der Waals surface area contributed by atoms with Gasteiger partial charge in [-0.05, 0) is 35.7 Å². The van der Waals surface area contributed by atoms with Gasteiger partial charge in [0.15, 0.2) is 0 Å². The summed E-state index contributed by atoms with van der Waals surface area (Å²) in [6.07, 6.45) is 1.45. The molecule has 3 aromatic carbocycles. The fourth-order valence-corrected chi connectivity index (χ4v) is 4.49. The molecule has 0 aromatic heterocycles. The first-order valence-electron chi connectivity index (χ1n) is 11.1. The lowest BCUT2D eigenvalue weighted by atomic mass is 9.90. The van der Waals surface area contributed by atoms with E-state index < -0.39 is 10.8 Å². The number of anilines is 1. The Labute approximate surface area is 196 Å². The molecule has 5 rings (SSSR count). The number of likely N-dealkylation sites (tertiary alicyclic amines) is 1. The predicted molar refractivity (Wildman–Crippen MR) is 128 cm³/mol. The molecule has 0 bridgehead atoms. The molecule has 8 heteroatoms. The lowest BCUT2D eigenvalue weighted by molar-refractivity contribution is -0.384. The van der Waals surface area contributed by atoms with Crippen molar-refractivity contribution in [2.75, 3.05) is 11.9 Å². The van der Waals surface area contributed by atoms with Crippen LogP contribution in [0.1, 0.15) is 35.4 Å². The maximum absolute atomic E-state index is 13.0. The third-order valence-electron chi connectivity index (χ3n) is 6.12. The second-order valence-corrected chi connectivity index (χ2v) is 8.40. The lowest BCUT2D eigenvalue weighted by Gasteiger charge is -2.16. The highest BCUT2D eigenvalue weighted by Gasteiger charge is 2.36. The van der Waals surface area contributed by atoms with Crippen molar-refractivity contribution >= 4 is 34.6 Å². The Balaban J connectivity index is 1.57. The third kappa shape index (κ3) is 4.17. The molecule has 1 unspecified atom stereocenters. The van der Waals surface area contributed by atoms with Crippen LogP contribution in [0.2, 0.25) is 0 Å². The quantitative estimate of drug-likeness (QED) is 0.334. The van der Waals surface area contributed by atoms with Gasteiger partial charge in [-0.25, -0.2) is 0 Å². The van der Waals surface area contributed by atoms with Gasteiger partial charge in [-0.2, -0.15) is 0 Å². The van der Waals surface area contributed by atoms with E-state index in [1.807, 2.05) is 59.5 Å². The number of nitro groups is 1. The largest absolute Gasteiger partial charge is 0.338 e. The Morgan fingerprint density at radius 3 is 2.62 bits per heavy atom. The number of carbonyl (C=O) groups is 2. The number of amides is 2. The summed E-state index contributed by atoms with van der Waals surface area (Å²) in [6.45, 7) is 1.27. The van der Waals surface area contributed by atoms with Crippen LogP contribution in [-0.2, 0) is 16.1 Å². The Bertz CT molecular complexity index is 1320. The van der Waals surface area contributed by atoms with E-state index >= 15 is 0 Å². The van der Waals surface area contributed by atoms with Gasteiger partial charge in [-0.15, -0.1) is 0 Å². The number of benzene rings is 3. The number of carbonyl (C=O) groups excluding carboxylic acids is 2. The number of non-ortho nitro benzene ring substituents is 1. The molecule has 3 aromatic rings. The summed E-state index contributed by atoms with van der Waals surface area (Å²) >= 11 is 0. The monoisotopic (exact) mass is 454 g/mol. The van der Waals surface area contributed by atoms with Crippen molar-refractivity contribution in [3.05, 3.63) is 99.6 Å².